The molecule has 0 aliphatic carbocycles. The van der Waals surface area contributed by atoms with E-state index in [1.165, 1.54) is 9.13 Å². The molecule has 1 aromatic carbocycles. The molecule has 1 amide bonds. The number of fused-ring (bicyclic) bond motifs is 1. The highest BCUT2D eigenvalue weighted by Crippen LogP contribution is 2.22. The van der Waals surface area contributed by atoms with Crippen molar-refractivity contribution in [3.63, 3.8) is 0 Å². The molecule has 2 aromatic rings. The molecule has 2 N–H and O–H groups in total. The monoisotopic (exact) mass is 332 g/mol. The number of imidazole rings is 1. The van der Waals surface area contributed by atoms with Crippen LogP contribution in [0.2, 0.25) is 0 Å². The number of aromatic nitrogens is 2. The van der Waals surface area contributed by atoms with E-state index in [-0.39, 0.29) is 24.4 Å². The summed E-state index contributed by atoms with van der Waals surface area (Å²) in [6.07, 6.45) is 2.22. The van der Waals surface area contributed by atoms with Crippen molar-refractivity contribution in [3.05, 3.63) is 28.7 Å². The Morgan fingerprint density at radius 3 is 2.71 bits per heavy atom. The molecule has 0 saturated heterocycles. The molecule has 0 saturated carbocycles. The van der Waals surface area contributed by atoms with Crippen LogP contribution < -0.4 is 16.3 Å². The molecule has 130 valence electrons. The molecule has 2 rings (SSSR count). The first-order valence-electron chi connectivity index (χ1n) is 8.14. The Morgan fingerprint density at radius 1 is 1.33 bits per heavy atom. The maximum atomic E-state index is 12.6. The number of aryl methyl sites for hydroxylation is 1. The van der Waals surface area contributed by atoms with Gasteiger partial charge in [0.2, 0.25) is 5.91 Å². The van der Waals surface area contributed by atoms with E-state index in [0.29, 0.717) is 5.52 Å². The van der Waals surface area contributed by atoms with Crippen LogP contribution in [-0.2, 0) is 16.6 Å². The van der Waals surface area contributed by atoms with Crippen LogP contribution in [0.4, 0.5) is 5.69 Å². The highest BCUT2D eigenvalue weighted by molar-refractivity contribution is 5.82. The molecule has 0 aliphatic rings. The molecule has 24 heavy (non-hydrogen) atoms. The number of nitrogens with one attached hydrogen (secondary N) is 2. The number of hydrogen-bond acceptors (Lipinski definition) is 4. The van der Waals surface area contributed by atoms with Gasteiger partial charge in [0.05, 0.1) is 17.1 Å². The number of carbonyl (C=O) groups is 2. The van der Waals surface area contributed by atoms with E-state index in [2.05, 4.69) is 17.6 Å². The van der Waals surface area contributed by atoms with Gasteiger partial charge in [0.1, 0.15) is 6.29 Å². The summed E-state index contributed by atoms with van der Waals surface area (Å²) in [4.78, 5) is 35.5. The number of rotatable bonds is 8. The van der Waals surface area contributed by atoms with E-state index in [1.807, 2.05) is 18.2 Å². The molecular formula is C17H24N4O3. The standard InChI is InChI=1S/C17H24N4O3/c1-4-9-19-12-5-7-14-15(10-12)20(3)17(24)21(14)13(11-22)6-8-16(23)18-2/h5,7,10-11,13,19H,4,6,8-9H2,1-3H3,(H,18,23). The Morgan fingerprint density at radius 2 is 2.08 bits per heavy atom. The van der Waals surface area contributed by atoms with Crippen molar-refractivity contribution in [2.75, 3.05) is 18.9 Å². The summed E-state index contributed by atoms with van der Waals surface area (Å²) in [5.74, 6) is -0.152. The predicted molar refractivity (Wildman–Crippen MR) is 94.4 cm³/mol. The van der Waals surface area contributed by atoms with Gasteiger partial charge in [0.15, 0.2) is 0 Å². The number of nitrogens with zero attached hydrogens (tertiary/aromatic N) is 2. The van der Waals surface area contributed by atoms with E-state index < -0.39 is 6.04 Å². The third-order valence-electron chi connectivity index (χ3n) is 4.10. The first kappa shape index (κ1) is 17.8. The first-order valence-corrected chi connectivity index (χ1v) is 8.14. The van der Waals surface area contributed by atoms with Crippen molar-refractivity contribution in [2.45, 2.75) is 32.2 Å². The van der Waals surface area contributed by atoms with E-state index in [0.717, 1.165) is 30.5 Å². The van der Waals surface area contributed by atoms with Crippen molar-refractivity contribution in [1.82, 2.24) is 14.5 Å². The number of anilines is 1. The van der Waals surface area contributed by atoms with Crippen LogP contribution in [-0.4, -0.2) is 34.9 Å². The van der Waals surface area contributed by atoms with Gasteiger partial charge in [-0.3, -0.25) is 13.9 Å². The fraction of sp³-hybridized carbons (Fsp3) is 0.471. The van der Waals surface area contributed by atoms with Gasteiger partial charge < -0.3 is 15.4 Å². The second-order valence-corrected chi connectivity index (χ2v) is 5.76. The minimum atomic E-state index is -0.659. The molecular weight excluding hydrogens is 308 g/mol. The highest BCUT2D eigenvalue weighted by atomic mass is 16.2. The summed E-state index contributed by atoms with van der Waals surface area (Å²) in [7, 11) is 3.23. The van der Waals surface area contributed by atoms with Crippen LogP contribution >= 0.6 is 0 Å². The van der Waals surface area contributed by atoms with Gasteiger partial charge in [0.25, 0.3) is 0 Å². The molecule has 0 spiro atoms. The van der Waals surface area contributed by atoms with Crippen LogP contribution in [0.5, 0.6) is 0 Å². The Labute approximate surface area is 140 Å². The average molecular weight is 332 g/mol. The van der Waals surface area contributed by atoms with Gasteiger partial charge in [0, 0.05) is 32.7 Å². The smallest absolute Gasteiger partial charge is 0.329 e. The van der Waals surface area contributed by atoms with Crippen molar-refractivity contribution in [2.24, 2.45) is 7.05 Å². The maximum absolute atomic E-state index is 12.6. The lowest BCUT2D eigenvalue weighted by atomic mass is 10.1. The van der Waals surface area contributed by atoms with E-state index >= 15 is 0 Å². The number of hydrogen-bond donors (Lipinski definition) is 2. The second-order valence-electron chi connectivity index (χ2n) is 5.76. The zero-order chi connectivity index (χ0) is 17.7. The van der Waals surface area contributed by atoms with E-state index in [9.17, 15) is 14.4 Å². The number of amides is 1. The van der Waals surface area contributed by atoms with Crippen LogP contribution in [0.3, 0.4) is 0 Å². The van der Waals surface area contributed by atoms with Crippen LogP contribution in [0, 0.1) is 0 Å². The Hall–Kier alpha value is -2.57. The van der Waals surface area contributed by atoms with Gasteiger partial charge in [-0.05, 0) is 31.0 Å². The normalized spacial score (nSPS) is 12.1. The number of benzene rings is 1. The zero-order valence-corrected chi connectivity index (χ0v) is 14.3. The summed E-state index contributed by atoms with van der Waals surface area (Å²) in [5, 5.41) is 5.81. The van der Waals surface area contributed by atoms with Crippen LogP contribution in [0.15, 0.2) is 23.0 Å². The van der Waals surface area contributed by atoms with Gasteiger partial charge in [-0.2, -0.15) is 0 Å². The highest BCUT2D eigenvalue weighted by Gasteiger charge is 2.19. The molecule has 0 aliphatic heterocycles. The molecule has 0 bridgehead atoms. The van der Waals surface area contributed by atoms with Crippen molar-refractivity contribution >= 4 is 28.9 Å². The van der Waals surface area contributed by atoms with Gasteiger partial charge >= 0.3 is 5.69 Å². The van der Waals surface area contributed by atoms with Crippen LogP contribution in [0.1, 0.15) is 32.2 Å². The molecule has 7 nitrogen and oxygen atoms in total. The number of carbonyl (C=O) groups excluding carboxylic acids is 2. The quantitative estimate of drug-likeness (QED) is 0.716. The molecule has 1 heterocycles. The fourth-order valence-corrected chi connectivity index (χ4v) is 2.73. The minimum Gasteiger partial charge on any atom is -0.385 e. The fourth-order valence-electron chi connectivity index (χ4n) is 2.73. The first-order chi connectivity index (χ1) is 11.5. The molecule has 1 atom stereocenters. The predicted octanol–water partition coefficient (Wildman–Crippen LogP) is 1.43. The summed E-state index contributed by atoms with van der Waals surface area (Å²) >= 11 is 0. The molecule has 0 fully saturated rings. The maximum Gasteiger partial charge on any atom is 0.329 e. The van der Waals surface area contributed by atoms with Crippen molar-refractivity contribution < 1.29 is 9.59 Å². The minimum absolute atomic E-state index is 0.152. The third-order valence-corrected chi connectivity index (χ3v) is 4.10. The largest absolute Gasteiger partial charge is 0.385 e. The lowest BCUT2D eigenvalue weighted by Gasteiger charge is -2.12. The summed E-state index contributed by atoms with van der Waals surface area (Å²) in [5.41, 5.74) is 2.13. The molecule has 7 heteroatoms. The van der Waals surface area contributed by atoms with Crippen molar-refractivity contribution in [3.8, 4) is 0 Å². The average Bonchev–Trinajstić information content (AvgIpc) is 2.85. The second kappa shape index (κ2) is 7.81. The van der Waals surface area contributed by atoms with E-state index in [1.54, 1.807) is 14.1 Å². The summed E-state index contributed by atoms with van der Waals surface area (Å²) in [6, 6.07) is 4.98. The zero-order valence-electron chi connectivity index (χ0n) is 14.3. The Bertz CT molecular complexity index is 791. The van der Waals surface area contributed by atoms with Crippen molar-refractivity contribution in [1.29, 1.82) is 0 Å². The summed E-state index contributed by atoms with van der Waals surface area (Å²) in [6.45, 7) is 2.93. The lowest BCUT2D eigenvalue weighted by Crippen LogP contribution is -2.28. The van der Waals surface area contributed by atoms with E-state index in [4.69, 9.17) is 0 Å². The van der Waals surface area contributed by atoms with Crippen LogP contribution in [0.25, 0.3) is 11.0 Å². The Balaban J connectivity index is 2.42. The van der Waals surface area contributed by atoms with Gasteiger partial charge in [-0.25, -0.2) is 4.79 Å². The lowest BCUT2D eigenvalue weighted by molar-refractivity contribution is -0.121. The molecule has 1 aromatic heterocycles. The number of aldehydes is 1. The SMILES string of the molecule is CCCNc1ccc2c(c1)n(C)c(=O)n2C(C=O)CCC(=O)NC. The van der Waals surface area contributed by atoms with Gasteiger partial charge in [-0.1, -0.05) is 6.92 Å². The topological polar surface area (TPSA) is 85.1 Å². The molecule has 0 radical (unpaired) electrons. The summed E-state index contributed by atoms with van der Waals surface area (Å²) < 4.78 is 3.00. The van der Waals surface area contributed by atoms with Gasteiger partial charge in [-0.15, -0.1) is 0 Å². The third kappa shape index (κ3) is 3.50. The Kier molecular flexibility index (Phi) is 5.78. The molecule has 1 unspecified atom stereocenters.